The first-order chi connectivity index (χ1) is 15.2. The smallest absolute Gasteiger partial charge is 0.232 e. The Bertz CT molecular complexity index is 1160. The first-order valence-electron chi connectivity index (χ1n) is 10.4. The first-order valence-corrected chi connectivity index (χ1v) is 12.3. The molecule has 3 aromatic carbocycles. The van der Waals surface area contributed by atoms with Crippen molar-refractivity contribution in [2.75, 3.05) is 22.4 Å². The van der Waals surface area contributed by atoms with Gasteiger partial charge in [0.05, 0.1) is 11.9 Å². The summed E-state index contributed by atoms with van der Waals surface area (Å²) in [6.45, 7) is 4.09. The molecule has 0 aliphatic heterocycles. The fourth-order valence-corrected chi connectivity index (χ4v) is 4.32. The molecular formula is C25H28N2O4S. The van der Waals surface area contributed by atoms with Gasteiger partial charge in [-0.25, -0.2) is 8.42 Å². The van der Waals surface area contributed by atoms with Crippen molar-refractivity contribution < 1.29 is 17.9 Å². The second kappa shape index (κ2) is 10.3. The van der Waals surface area contributed by atoms with Crippen LogP contribution < -0.4 is 14.4 Å². The van der Waals surface area contributed by atoms with E-state index in [1.54, 1.807) is 30.3 Å². The highest BCUT2D eigenvalue weighted by molar-refractivity contribution is 7.92. The van der Waals surface area contributed by atoms with Gasteiger partial charge in [-0.3, -0.25) is 9.10 Å². The average molecular weight is 453 g/mol. The molecule has 0 radical (unpaired) electrons. The van der Waals surface area contributed by atoms with E-state index in [0.29, 0.717) is 23.5 Å². The highest BCUT2D eigenvalue weighted by Gasteiger charge is 2.20. The molecule has 0 saturated carbocycles. The van der Waals surface area contributed by atoms with E-state index >= 15 is 0 Å². The van der Waals surface area contributed by atoms with Crippen molar-refractivity contribution in [2.45, 2.75) is 26.7 Å². The number of amides is 1. The molecule has 0 aliphatic rings. The number of anilines is 2. The lowest BCUT2D eigenvalue weighted by molar-refractivity contribution is -0.116. The fraction of sp³-hybridized carbons (Fsp3) is 0.240. The Labute approximate surface area is 189 Å². The Morgan fingerprint density at radius 3 is 2.22 bits per heavy atom. The summed E-state index contributed by atoms with van der Waals surface area (Å²) in [6, 6.07) is 22.2. The minimum Gasteiger partial charge on any atom is -0.457 e. The van der Waals surface area contributed by atoms with Crippen LogP contribution in [-0.4, -0.2) is 27.1 Å². The van der Waals surface area contributed by atoms with Crippen LogP contribution in [0, 0.1) is 13.8 Å². The third kappa shape index (κ3) is 6.34. The topological polar surface area (TPSA) is 75.7 Å². The monoisotopic (exact) mass is 452 g/mol. The Morgan fingerprint density at radius 2 is 1.56 bits per heavy atom. The predicted molar refractivity (Wildman–Crippen MR) is 129 cm³/mol. The van der Waals surface area contributed by atoms with Gasteiger partial charge >= 0.3 is 0 Å². The number of ether oxygens (including phenoxy) is 1. The number of sulfonamides is 1. The molecule has 0 bridgehead atoms. The van der Waals surface area contributed by atoms with Crippen molar-refractivity contribution in [3.05, 3.63) is 83.9 Å². The maximum Gasteiger partial charge on any atom is 0.232 e. The molecule has 6 nitrogen and oxygen atoms in total. The van der Waals surface area contributed by atoms with Crippen LogP contribution in [0.3, 0.4) is 0 Å². The molecule has 0 atom stereocenters. The zero-order valence-corrected chi connectivity index (χ0v) is 19.4. The number of carbonyl (C=O) groups is 1. The van der Waals surface area contributed by atoms with Gasteiger partial charge in [0.1, 0.15) is 11.5 Å². The summed E-state index contributed by atoms with van der Waals surface area (Å²) in [4.78, 5) is 12.4. The van der Waals surface area contributed by atoms with E-state index in [2.05, 4.69) is 5.32 Å². The van der Waals surface area contributed by atoms with Crippen LogP contribution in [0.5, 0.6) is 11.5 Å². The molecule has 1 amide bonds. The van der Waals surface area contributed by atoms with Gasteiger partial charge in [-0.05, 0) is 73.9 Å². The molecule has 3 rings (SSSR count). The third-order valence-electron chi connectivity index (χ3n) is 5.13. The molecule has 1 N–H and O–H groups in total. The standard InChI is InChI=1S/C25H28N2O4S/c1-19-9-7-12-24(20(19)2)27(32(3,29)30)18-8-13-25(28)26-21-14-16-23(17-15-21)31-22-10-5-4-6-11-22/h4-7,9-12,14-17H,8,13,18H2,1-3H3,(H,26,28). The molecule has 7 heteroatoms. The van der Waals surface area contributed by atoms with Crippen LogP contribution in [0.25, 0.3) is 0 Å². The molecule has 0 saturated heterocycles. The normalized spacial score (nSPS) is 11.1. The molecular weight excluding hydrogens is 424 g/mol. The van der Waals surface area contributed by atoms with Crippen molar-refractivity contribution in [3.63, 3.8) is 0 Å². The van der Waals surface area contributed by atoms with Crippen molar-refractivity contribution in [1.82, 2.24) is 0 Å². The van der Waals surface area contributed by atoms with E-state index in [1.807, 2.05) is 56.3 Å². The molecule has 0 aromatic heterocycles. The number of rotatable bonds is 9. The second-order valence-electron chi connectivity index (χ2n) is 7.65. The number of nitrogens with one attached hydrogen (secondary N) is 1. The van der Waals surface area contributed by atoms with Crippen LogP contribution in [-0.2, 0) is 14.8 Å². The summed E-state index contributed by atoms with van der Waals surface area (Å²) < 4.78 is 31.8. The van der Waals surface area contributed by atoms with Gasteiger partial charge in [0, 0.05) is 18.7 Å². The first kappa shape index (κ1) is 23.3. The van der Waals surface area contributed by atoms with Crippen molar-refractivity contribution in [2.24, 2.45) is 0 Å². The van der Waals surface area contributed by atoms with Crippen LogP contribution in [0.4, 0.5) is 11.4 Å². The summed E-state index contributed by atoms with van der Waals surface area (Å²) in [7, 11) is -3.46. The molecule has 0 aliphatic carbocycles. The number of hydrogen-bond donors (Lipinski definition) is 1. The zero-order chi connectivity index (χ0) is 23.1. The lowest BCUT2D eigenvalue weighted by Gasteiger charge is -2.24. The average Bonchev–Trinajstić information content (AvgIpc) is 2.75. The predicted octanol–water partition coefficient (Wildman–Crippen LogP) is 5.28. The van der Waals surface area contributed by atoms with Gasteiger partial charge in [-0.15, -0.1) is 0 Å². The van der Waals surface area contributed by atoms with Gasteiger partial charge in [-0.2, -0.15) is 0 Å². The third-order valence-corrected chi connectivity index (χ3v) is 6.31. The van der Waals surface area contributed by atoms with Crippen molar-refractivity contribution in [3.8, 4) is 11.5 Å². The summed E-state index contributed by atoms with van der Waals surface area (Å²) >= 11 is 0. The SMILES string of the molecule is Cc1cccc(N(CCCC(=O)Nc2ccc(Oc3ccccc3)cc2)S(C)(=O)=O)c1C. The maximum atomic E-state index is 12.4. The number of carbonyl (C=O) groups excluding carboxylic acids is 1. The minimum absolute atomic E-state index is 0.170. The molecule has 0 heterocycles. The summed E-state index contributed by atoms with van der Waals surface area (Å²) in [5.74, 6) is 1.24. The molecule has 0 unspecified atom stereocenters. The van der Waals surface area contributed by atoms with Crippen LogP contribution in [0.2, 0.25) is 0 Å². The van der Waals surface area contributed by atoms with Crippen LogP contribution in [0.1, 0.15) is 24.0 Å². The highest BCUT2D eigenvalue weighted by Crippen LogP contribution is 2.26. The molecule has 0 fully saturated rings. The number of nitrogens with zero attached hydrogens (tertiary/aromatic N) is 1. The Hall–Kier alpha value is -3.32. The van der Waals surface area contributed by atoms with Gasteiger partial charge < -0.3 is 10.1 Å². The van der Waals surface area contributed by atoms with E-state index < -0.39 is 10.0 Å². The van der Waals surface area contributed by atoms with E-state index in [4.69, 9.17) is 4.74 Å². The van der Waals surface area contributed by atoms with Crippen molar-refractivity contribution in [1.29, 1.82) is 0 Å². The summed E-state index contributed by atoms with van der Waals surface area (Å²) in [6.07, 6.45) is 1.80. The molecule has 168 valence electrons. The van der Waals surface area contributed by atoms with Gasteiger partial charge in [0.25, 0.3) is 0 Å². The number of hydrogen-bond acceptors (Lipinski definition) is 4. The number of aryl methyl sites for hydroxylation is 1. The van der Waals surface area contributed by atoms with E-state index in [1.165, 1.54) is 10.6 Å². The Kier molecular flexibility index (Phi) is 7.53. The Morgan fingerprint density at radius 1 is 0.906 bits per heavy atom. The Balaban J connectivity index is 1.55. The van der Waals surface area contributed by atoms with E-state index in [-0.39, 0.29) is 18.9 Å². The second-order valence-corrected chi connectivity index (χ2v) is 9.55. The van der Waals surface area contributed by atoms with Gasteiger partial charge in [-0.1, -0.05) is 30.3 Å². The van der Waals surface area contributed by atoms with Crippen molar-refractivity contribution >= 4 is 27.3 Å². The number of para-hydroxylation sites is 1. The quantitative estimate of drug-likeness (QED) is 0.479. The number of benzene rings is 3. The lowest BCUT2D eigenvalue weighted by atomic mass is 10.1. The van der Waals surface area contributed by atoms with Gasteiger partial charge in [0.15, 0.2) is 0 Å². The highest BCUT2D eigenvalue weighted by atomic mass is 32.2. The van der Waals surface area contributed by atoms with Crippen LogP contribution >= 0.6 is 0 Å². The summed E-state index contributed by atoms with van der Waals surface area (Å²) in [5.41, 5.74) is 3.25. The minimum atomic E-state index is -3.46. The van der Waals surface area contributed by atoms with Crippen LogP contribution in [0.15, 0.2) is 72.8 Å². The molecule has 32 heavy (non-hydrogen) atoms. The lowest BCUT2D eigenvalue weighted by Crippen LogP contribution is -2.32. The maximum absolute atomic E-state index is 12.4. The largest absolute Gasteiger partial charge is 0.457 e. The fourth-order valence-electron chi connectivity index (χ4n) is 3.31. The van der Waals surface area contributed by atoms with Gasteiger partial charge in [0.2, 0.25) is 15.9 Å². The summed E-state index contributed by atoms with van der Waals surface area (Å²) in [5, 5.41) is 2.84. The van der Waals surface area contributed by atoms with E-state index in [0.717, 1.165) is 16.9 Å². The zero-order valence-electron chi connectivity index (χ0n) is 18.5. The molecule has 0 spiro atoms. The van der Waals surface area contributed by atoms with E-state index in [9.17, 15) is 13.2 Å². The molecule has 3 aromatic rings.